The van der Waals surface area contributed by atoms with Crippen LogP contribution in [0, 0.1) is 0 Å². The van der Waals surface area contributed by atoms with Crippen LogP contribution in [-0.4, -0.2) is 5.54 Å². The second-order valence-electron chi connectivity index (χ2n) is 12.7. The van der Waals surface area contributed by atoms with Gasteiger partial charge in [0.05, 0.1) is 0 Å². The number of fused-ring (bicyclic) bond motifs is 3. The molecule has 0 unspecified atom stereocenters. The molecule has 6 rings (SSSR count). The van der Waals surface area contributed by atoms with Crippen LogP contribution in [0.5, 0.6) is 0 Å². The van der Waals surface area contributed by atoms with Crippen molar-refractivity contribution in [3.63, 3.8) is 0 Å². The highest BCUT2D eigenvalue weighted by Gasteiger charge is 2.38. The Hall–Kier alpha value is -3.32. The lowest BCUT2D eigenvalue weighted by Gasteiger charge is -2.41. The maximum absolute atomic E-state index is 9.84. The van der Waals surface area contributed by atoms with Crippen molar-refractivity contribution < 1.29 is 1.37 Å². The fourth-order valence-electron chi connectivity index (χ4n) is 6.77. The quantitative estimate of drug-likeness (QED) is 0.269. The first kappa shape index (κ1) is 23.8. The van der Waals surface area contributed by atoms with Crippen molar-refractivity contribution in [1.82, 2.24) is 0 Å². The van der Waals surface area contributed by atoms with Crippen molar-refractivity contribution in [2.45, 2.75) is 83.6 Å². The number of rotatable bonds is 4. The molecule has 0 heterocycles. The summed E-state index contributed by atoms with van der Waals surface area (Å²) in [6.07, 6.45) is 5.35. The van der Waals surface area contributed by atoms with Crippen LogP contribution in [0.15, 0.2) is 91.0 Å². The van der Waals surface area contributed by atoms with E-state index in [1.165, 1.54) is 56.7 Å². The average molecular weight is 501 g/mol. The monoisotopic (exact) mass is 500 g/mol. The molecule has 1 nitrogen and oxygen atoms in total. The standard InChI is InChI=1S/C37H41N/c1-36(2,3)38(29-22-20-27(21-23-29)26-14-8-6-9-15-26)35-25-32-30-18-12-13-19-33(30)37(4,5)34(32)24-31(35)28-16-10-7-11-17-28/h6,8-9,12-15,18-25,28H,7,10-11,16-17H2,1-5H3/i28D. The van der Waals surface area contributed by atoms with Gasteiger partial charge in [-0.15, -0.1) is 0 Å². The van der Waals surface area contributed by atoms with Crippen LogP contribution in [0.3, 0.4) is 0 Å². The summed E-state index contributed by atoms with van der Waals surface area (Å²) in [5, 5.41) is 0. The van der Waals surface area contributed by atoms with Gasteiger partial charge in [0.2, 0.25) is 0 Å². The summed E-state index contributed by atoms with van der Waals surface area (Å²) >= 11 is 0. The molecule has 0 radical (unpaired) electrons. The van der Waals surface area contributed by atoms with Gasteiger partial charge in [0.25, 0.3) is 0 Å². The molecule has 4 aromatic rings. The summed E-state index contributed by atoms with van der Waals surface area (Å²) in [4.78, 5) is 2.50. The highest BCUT2D eigenvalue weighted by molar-refractivity contribution is 5.86. The molecule has 0 spiro atoms. The highest BCUT2D eigenvalue weighted by Crippen LogP contribution is 2.53. The van der Waals surface area contributed by atoms with E-state index in [1.807, 2.05) is 0 Å². The lowest BCUT2D eigenvalue weighted by molar-refractivity contribution is 0.441. The minimum absolute atomic E-state index is 0.0753. The second-order valence-corrected chi connectivity index (χ2v) is 12.7. The largest absolute Gasteiger partial charge is 0.336 e. The maximum Gasteiger partial charge on any atom is 0.0457 e. The van der Waals surface area contributed by atoms with E-state index in [-0.39, 0.29) is 11.0 Å². The van der Waals surface area contributed by atoms with Crippen LogP contribution in [0.2, 0.25) is 0 Å². The van der Waals surface area contributed by atoms with Crippen LogP contribution in [-0.2, 0) is 5.41 Å². The van der Waals surface area contributed by atoms with Crippen molar-refractivity contribution in [2.75, 3.05) is 4.90 Å². The molecule has 0 aliphatic heterocycles. The molecular weight excluding hydrogens is 458 g/mol. The Bertz CT molecular complexity index is 1490. The fraction of sp³-hybridized carbons (Fsp3) is 0.351. The van der Waals surface area contributed by atoms with Crippen LogP contribution < -0.4 is 4.90 Å². The molecule has 1 fully saturated rings. The Kier molecular flexibility index (Phi) is 5.91. The number of benzene rings is 4. The third kappa shape index (κ3) is 4.27. The van der Waals surface area contributed by atoms with Gasteiger partial charge in [-0.2, -0.15) is 0 Å². The maximum atomic E-state index is 9.84. The van der Waals surface area contributed by atoms with Crippen LogP contribution in [0.4, 0.5) is 11.4 Å². The first-order chi connectivity index (χ1) is 18.6. The predicted octanol–water partition coefficient (Wildman–Crippen LogP) is 10.6. The number of hydrogen-bond acceptors (Lipinski definition) is 1. The van der Waals surface area contributed by atoms with Gasteiger partial charge in [0, 0.05) is 23.7 Å². The molecular formula is C37H41N. The summed E-state index contributed by atoms with van der Waals surface area (Å²) < 4.78 is 9.84. The minimum atomic E-state index is -0.569. The van der Waals surface area contributed by atoms with Gasteiger partial charge in [-0.05, 0) is 96.7 Å². The van der Waals surface area contributed by atoms with E-state index in [2.05, 4.69) is 131 Å². The fourth-order valence-corrected chi connectivity index (χ4v) is 6.77. The molecule has 4 aromatic carbocycles. The molecule has 0 amide bonds. The summed E-state index contributed by atoms with van der Waals surface area (Å²) in [6.45, 7) is 11.6. The molecule has 0 bridgehead atoms. The van der Waals surface area contributed by atoms with E-state index in [9.17, 15) is 1.37 Å². The Balaban J connectivity index is 1.57. The van der Waals surface area contributed by atoms with E-state index >= 15 is 0 Å². The molecule has 0 aromatic heterocycles. The number of hydrogen-bond donors (Lipinski definition) is 0. The molecule has 1 heteroatoms. The van der Waals surface area contributed by atoms with Gasteiger partial charge in [-0.3, -0.25) is 0 Å². The topological polar surface area (TPSA) is 3.24 Å². The van der Waals surface area contributed by atoms with E-state index in [4.69, 9.17) is 0 Å². The van der Waals surface area contributed by atoms with Gasteiger partial charge in [0.15, 0.2) is 0 Å². The summed E-state index contributed by atoms with van der Waals surface area (Å²) in [5.41, 5.74) is 11.2. The van der Waals surface area contributed by atoms with Crippen LogP contribution in [0.25, 0.3) is 22.3 Å². The van der Waals surface area contributed by atoms with Crippen molar-refractivity contribution in [3.8, 4) is 22.3 Å². The second kappa shape index (κ2) is 9.45. The first-order valence-corrected chi connectivity index (χ1v) is 14.3. The first-order valence-electron chi connectivity index (χ1n) is 14.8. The third-order valence-corrected chi connectivity index (χ3v) is 8.68. The summed E-state index contributed by atoms with van der Waals surface area (Å²) in [6, 6.07) is 33.4. The predicted molar refractivity (Wildman–Crippen MR) is 164 cm³/mol. The Labute approximate surface area is 231 Å². The van der Waals surface area contributed by atoms with Gasteiger partial charge in [0.1, 0.15) is 0 Å². The van der Waals surface area contributed by atoms with Gasteiger partial charge in [-0.25, -0.2) is 0 Å². The molecule has 0 saturated heterocycles. The zero-order valence-electron chi connectivity index (χ0n) is 24.6. The lowest BCUT2D eigenvalue weighted by atomic mass is 9.77. The number of anilines is 2. The van der Waals surface area contributed by atoms with Crippen molar-refractivity contribution in [1.29, 1.82) is 0 Å². The smallest absolute Gasteiger partial charge is 0.0457 e. The van der Waals surface area contributed by atoms with Crippen LogP contribution >= 0.6 is 0 Å². The van der Waals surface area contributed by atoms with E-state index in [1.54, 1.807) is 0 Å². The SMILES string of the molecule is [2H]C1(c2cc3c(cc2N(c2ccc(-c4ccccc4)cc2)C(C)(C)C)-c2ccccc2C3(C)C)CCCCC1. The van der Waals surface area contributed by atoms with Crippen LogP contribution in [0.1, 0.15) is 90.7 Å². The zero-order valence-corrected chi connectivity index (χ0v) is 23.6. The van der Waals surface area contributed by atoms with Crippen molar-refractivity contribution in [2.24, 2.45) is 0 Å². The summed E-state index contributed by atoms with van der Waals surface area (Å²) in [5.74, 6) is -0.569. The van der Waals surface area contributed by atoms with Gasteiger partial charge in [-0.1, -0.05) is 106 Å². The van der Waals surface area contributed by atoms with Gasteiger partial charge >= 0.3 is 0 Å². The Morgan fingerprint density at radius 1 is 0.711 bits per heavy atom. The zero-order chi connectivity index (χ0) is 27.4. The summed E-state index contributed by atoms with van der Waals surface area (Å²) in [7, 11) is 0. The Morgan fingerprint density at radius 3 is 2.03 bits per heavy atom. The molecule has 0 atom stereocenters. The molecule has 2 aliphatic rings. The number of nitrogens with zero attached hydrogens (tertiary/aromatic N) is 1. The molecule has 0 N–H and O–H groups in total. The van der Waals surface area contributed by atoms with E-state index < -0.39 is 5.89 Å². The van der Waals surface area contributed by atoms with Crippen molar-refractivity contribution in [3.05, 3.63) is 108 Å². The third-order valence-electron chi connectivity index (χ3n) is 8.68. The highest BCUT2D eigenvalue weighted by atomic mass is 15.2. The average Bonchev–Trinajstić information content (AvgIpc) is 3.15. The molecule has 38 heavy (non-hydrogen) atoms. The van der Waals surface area contributed by atoms with Crippen molar-refractivity contribution >= 4 is 11.4 Å². The molecule has 1 saturated carbocycles. The van der Waals surface area contributed by atoms with Gasteiger partial charge < -0.3 is 4.90 Å². The molecule has 194 valence electrons. The van der Waals surface area contributed by atoms with E-state index in [0.29, 0.717) is 0 Å². The Morgan fingerprint density at radius 2 is 1.34 bits per heavy atom. The lowest BCUT2D eigenvalue weighted by Crippen LogP contribution is -2.38. The minimum Gasteiger partial charge on any atom is -0.336 e. The normalized spacial score (nSPS) is 17.9. The van der Waals surface area contributed by atoms with E-state index in [0.717, 1.165) is 25.7 Å². The molecule has 2 aliphatic carbocycles.